The van der Waals surface area contributed by atoms with Crippen molar-refractivity contribution < 1.29 is 0 Å². The van der Waals surface area contributed by atoms with Gasteiger partial charge in [-0.15, -0.1) is 0 Å². The molecule has 3 aliphatic rings. The van der Waals surface area contributed by atoms with Gasteiger partial charge in [-0.25, -0.2) is 0 Å². The molecule has 4 rings (SSSR count). The molecule has 3 aliphatic heterocycles. The number of hydrogen-bond acceptors (Lipinski definition) is 2. The Labute approximate surface area is 97.7 Å². The van der Waals surface area contributed by atoms with Crippen molar-refractivity contribution >= 4 is 0 Å². The molecule has 2 nitrogen and oxygen atoms in total. The van der Waals surface area contributed by atoms with Crippen LogP contribution in [-0.4, -0.2) is 29.5 Å². The highest BCUT2D eigenvalue weighted by molar-refractivity contribution is 5.21. The van der Waals surface area contributed by atoms with Crippen molar-refractivity contribution in [2.45, 2.75) is 32.1 Å². The summed E-state index contributed by atoms with van der Waals surface area (Å²) in [5, 5.41) is 0. The zero-order valence-corrected chi connectivity index (χ0v) is 10.0. The molecule has 3 fully saturated rings. The Morgan fingerprint density at radius 1 is 1.31 bits per heavy atom. The molecule has 0 spiro atoms. The van der Waals surface area contributed by atoms with E-state index in [4.69, 9.17) is 0 Å². The molecule has 0 saturated carbocycles. The van der Waals surface area contributed by atoms with E-state index < -0.39 is 0 Å². The monoisotopic (exact) mass is 216 g/mol. The van der Waals surface area contributed by atoms with Gasteiger partial charge in [-0.1, -0.05) is 13.0 Å². The van der Waals surface area contributed by atoms with Gasteiger partial charge in [0.15, 0.2) is 0 Å². The maximum Gasteiger partial charge on any atom is 0.0401 e. The second kappa shape index (κ2) is 4.17. The Morgan fingerprint density at radius 3 is 2.62 bits per heavy atom. The Bertz CT molecular complexity index is 350. The summed E-state index contributed by atoms with van der Waals surface area (Å²) in [6.07, 6.45) is 5.94. The number of fused-ring (bicyclic) bond motifs is 3. The number of rotatable bonds is 2. The Balaban J connectivity index is 1.81. The second-order valence-corrected chi connectivity index (χ2v) is 5.18. The number of hydrogen-bond donors (Lipinski definition) is 0. The fourth-order valence-electron chi connectivity index (χ4n) is 3.21. The van der Waals surface area contributed by atoms with Gasteiger partial charge in [0.2, 0.25) is 0 Å². The fourth-order valence-corrected chi connectivity index (χ4v) is 3.21. The molecule has 1 atom stereocenters. The van der Waals surface area contributed by atoms with E-state index in [9.17, 15) is 0 Å². The molecule has 0 aliphatic carbocycles. The van der Waals surface area contributed by atoms with Gasteiger partial charge < -0.3 is 4.90 Å². The summed E-state index contributed by atoms with van der Waals surface area (Å²) < 4.78 is 0. The van der Waals surface area contributed by atoms with Crippen LogP contribution in [0.15, 0.2) is 18.3 Å². The van der Waals surface area contributed by atoms with Gasteiger partial charge in [-0.05, 0) is 49.9 Å². The zero-order chi connectivity index (χ0) is 11.0. The molecule has 0 aromatic carbocycles. The van der Waals surface area contributed by atoms with Gasteiger partial charge in [0.1, 0.15) is 0 Å². The second-order valence-electron chi connectivity index (χ2n) is 5.18. The first kappa shape index (κ1) is 10.3. The third kappa shape index (κ3) is 1.75. The van der Waals surface area contributed by atoms with Crippen molar-refractivity contribution in [3.63, 3.8) is 0 Å². The average molecular weight is 216 g/mol. The first-order valence-electron chi connectivity index (χ1n) is 6.54. The maximum atomic E-state index is 4.54. The molecule has 4 heterocycles. The number of aromatic nitrogens is 1. The van der Waals surface area contributed by atoms with Crippen LogP contribution in [0.2, 0.25) is 0 Å². The van der Waals surface area contributed by atoms with Gasteiger partial charge in [-0.2, -0.15) is 0 Å². The maximum absolute atomic E-state index is 4.54. The van der Waals surface area contributed by atoms with Gasteiger partial charge in [-0.3, -0.25) is 4.98 Å². The van der Waals surface area contributed by atoms with Crippen LogP contribution in [-0.2, 0) is 6.42 Å². The van der Waals surface area contributed by atoms with Crippen molar-refractivity contribution in [1.82, 2.24) is 9.88 Å². The van der Waals surface area contributed by atoms with Crippen molar-refractivity contribution in [2.24, 2.45) is 5.92 Å². The van der Waals surface area contributed by atoms with E-state index in [1.807, 2.05) is 0 Å². The number of aryl methyl sites for hydroxylation is 1. The summed E-state index contributed by atoms with van der Waals surface area (Å²) in [6, 6.07) is 4.51. The molecule has 0 amide bonds. The van der Waals surface area contributed by atoms with E-state index in [-0.39, 0.29) is 0 Å². The van der Waals surface area contributed by atoms with Crippen LogP contribution in [0.4, 0.5) is 0 Å². The van der Waals surface area contributed by atoms with Crippen LogP contribution >= 0.6 is 0 Å². The molecule has 1 unspecified atom stereocenters. The minimum atomic E-state index is 0.751. The lowest BCUT2D eigenvalue weighted by Crippen LogP contribution is -2.46. The number of pyridine rings is 1. The predicted molar refractivity (Wildman–Crippen MR) is 65.5 cm³/mol. The normalized spacial score (nSPS) is 32.9. The minimum Gasteiger partial charge on any atom is -0.303 e. The highest BCUT2D eigenvalue weighted by atomic mass is 15.1. The number of nitrogens with zero attached hydrogens (tertiary/aromatic N) is 2. The van der Waals surface area contributed by atoms with Crippen molar-refractivity contribution in [3.05, 3.63) is 29.6 Å². The van der Waals surface area contributed by atoms with Crippen LogP contribution in [0.25, 0.3) is 0 Å². The minimum absolute atomic E-state index is 0.751. The summed E-state index contributed by atoms with van der Waals surface area (Å²) in [6.45, 7) is 6.07. The van der Waals surface area contributed by atoms with Crippen LogP contribution in [0.3, 0.4) is 0 Å². The summed E-state index contributed by atoms with van der Waals surface area (Å²) in [5.74, 6) is 1.67. The predicted octanol–water partition coefficient (Wildman–Crippen LogP) is 2.45. The van der Waals surface area contributed by atoms with E-state index in [2.05, 4.69) is 35.1 Å². The quantitative estimate of drug-likeness (QED) is 0.755. The lowest BCUT2D eigenvalue weighted by atomic mass is 9.76. The van der Waals surface area contributed by atoms with Gasteiger partial charge >= 0.3 is 0 Å². The standard InChI is InChI=1S/C14H20N2/c1-2-13-4-3-12(9-15-13)14-10-16-7-5-11(14)6-8-16/h3-4,9,11,14H,2,5-8,10H2,1H3. The van der Waals surface area contributed by atoms with E-state index in [1.165, 1.54) is 43.7 Å². The van der Waals surface area contributed by atoms with Gasteiger partial charge in [0, 0.05) is 24.4 Å². The van der Waals surface area contributed by atoms with E-state index in [0.29, 0.717) is 0 Å². The van der Waals surface area contributed by atoms with E-state index in [1.54, 1.807) is 0 Å². The Morgan fingerprint density at radius 2 is 2.12 bits per heavy atom. The van der Waals surface area contributed by atoms with Crippen LogP contribution in [0.5, 0.6) is 0 Å². The topological polar surface area (TPSA) is 16.1 Å². The lowest BCUT2D eigenvalue weighted by molar-refractivity contribution is 0.0869. The van der Waals surface area contributed by atoms with E-state index in [0.717, 1.165) is 18.3 Å². The molecule has 1 aromatic heterocycles. The molecule has 2 bridgehead atoms. The zero-order valence-electron chi connectivity index (χ0n) is 10.0. The van der Waals surface area contributed by atoms with Crippen LogP contribution in [0, 0.1) is 5.92 Å². The van der Waals surface area contributed by atoms with Gasteiger partial charge in [0.25, 0.3) is 0 Å². The van der Waals surface area contributed by atoms with Gasteiger partial charge in [0.05, 0.1) is 0 Å². The molecule has 0 N–H and O–H groups in total. The van der Waals surface area contributed by atoms with Crippen molar-refractivity contribution in [1.29, 1.82) is 0 Å². The molecule has 16 heavy (non-hydrogen) atoms. The molecule has 2 heteroatoms. The third-order valence-corrected chi connectivity index (χ3v) is 4.29. The molecule has 1 aromatic rings. The first-order valence-corrected chi connectivity index (χ1v) is 6.54. The van der Waals surface area contributed by atoms with Crippen molar-refractivity contribution in [3.8, 4) is 0 Å². The SMILES string of the molecule is CCc1ccc(C2CN3CCC2CC3)cn1. The van der Waals surface area contributed by atoms with Crippen LogP contribution in [0.1, 0.15) is 36.9 Å². The number of piperidine rings is 3. The Kier molecular flexibility index (Phi) is 2.68. The first-order chi connectivity index (χ1) is 7.86. The summed E-state index contributed by atoms with van der Waals surface area (Å²) in [5.41, 5.74) is 2.68. The summed E-state index contributed by atoms with van der Waals surface area (Å²) >= 11 is 0. The molecule has 0 radical (unpaired) electrons. The molecular weight excluding hydrogens is 196 g/mol. The lowest BCUT2D eigenvalue weighted by Gasteiger charge is -2.45. The highest BCUT2D eigenvalue weighted by Crippen LogP contribution is 2.38. The van der Waals surface area contributed by atoms with Crippen molar-refractivity contribution in [2.75, 3.05) is 19.6 Å². The average Bonchev–Trinajstić information content (AvgIpc) is 2.40. The summed E-state index contributed by atoms with van der Waals surface area (Å²) in [4.78, 5) is 7.15. The highest BCUT2D eigenvalue weighted by Gasteiger charge is 2.34. The fraction of sp³-hybridized carbons (Fsp3) is 0.643. The van der Waals surface area contributed by atoms with E-state index >= 15 is 0 Å². The third-order valence-electron chi connectivity index (χ3n) is 4.29. The summed E-state index contributed by atoms with van der Waals surface area (Å²) in [7, 11) is 0. The molecular formula is C14H20N2. The Hall–Kier alpha value is -0.890. The largest absolute Gasteiger partial charge is 0.303 e. The molecule has 3 saturated heterocycles. The smallest absolute Gasteiger partial charge is 0.0401 e. The molecule has 86 valence electrons. The van der Waals surface area contributed by atoms with Crippen LogP contribution < -0.4 is 0 Å².